The molecule has 0 radical (unpaired) electrons. The first-order chi connectivity index (χ1) is 11.1. The number of halogens is 1. The molecule has 0 aliphatic carbocycles. The zero-order valence-electron chi connectivity index (χ0n) is 13.0. The zero-order valence-corrected chi connectivity index (χ0v) is 13.8. The fraction of sp³-hybridized carbons (Fsp3) is 0.278. The van der Waals surface area contributed by atoms with Crippen molar-refractivity contribution in [1.82, 2.24) is 5.32 Å². The first-order valence-electron chi connectivity index (χ1n) is 7.76. The van der Waals surface area contributed by atoms with Crippen LogP contribution in [0.2, 0.25) is 5.02 Å². The van der Waals surface area contributed by atoms with E-state index in [-0.39, 0.29) is 12.1 Å². The van der Waals surface area contributed by atoms with Crippen molar-refractivity contribution in [3.05, 3.63) is 58.6 Å². The molecule has 0 saturated carbocycles. The minimum absolute atomic E-state index is 0.219. The van der Waals surface area contributed by atoms with E-state index < -0.39 is 0 Å². The minimum atomic E-state index is -0.219. The van der Waals surface area contributed by atoms with E-state index in [1.54, 1.807) is 18.2 Å². The number of hydrogen-bond acceptors (Lipinski definition) is 2. The molecule has 0 spiro atoms. The summed E-state index contributed by atoms with van der Waals surface area (Å²) in [6.45, 7) is 2.69. The Kier molecular flexibility index (Phi) is 4.72. The predicted octanol–water partition coefficient (Wildman–Crippen LogP) is 4.20. The molecule has 0 saturated heterocycles. The lowest BCUT2D eigenvalue weighted by atomic mass is 9.96. The number of urea groups is 1. The van der Waals surface area contributed by atoms with Crippen LogP contribution >= 0.6 is 11.6 Å². The SMILES string of the molecule is Cc1ccc2c(c1)CCC(CNC(=O)Nc1cccc(Cl)c1)N2. The van der Waals surface area contributed by atoms with Gasteiger partial charge in [-0.3, -0.25) is 0 Å². The number of aryl methyl sites for hydroxylation is 2. The van der Waals surface area contributed by atoms with Gasteiger partial charge in [0.25, 0.3) is 0 Å². The van der Waals surface area contributed by atoms with E-state index in [0.717, 1.165) is 12.8 Å². The molecule has 1 atom stereocenters. The molecule has 0 aromatic heterocycles. The topological polar surface area (TPSA) is 53.2 Å². The molecule has 1 aliphatic heterocycles. The first-order valence-corrected chi connectivity index (χ1v) is 8.14. The third-order valence-electron chi connectivity index (χ3n) is 3.97. The highest BCUT2D eigenvalue weighted by atomic mass is 35.5. The highest BCUT2D eigenvalue weighted by molar-refractivity contribution is 6.30. The Morgan fingerprint density at radius 1 is 1.30 bits per heavy atom. The predicted molar refractivity (Wildman–Crippen MR) is 95.4 cm³/mol. The van der Waals surface area contributed by atoms with Gasteiger partial charge >= 0.3 is 6.03 Å². The number of rotatable bonds is 3. The molecule has 2 amide bonds. The number of fused-ring (bicyclic) bond motifs is 1. The Morgan fingerprint density at radius 2 is 2.17 bits per heavy atom. The second-order valence-electron chi connectivity index (χ2n) is 5.89. The van der Waals surface area contributed by atoms with Crippen molar-refractivity contribution in [2.45, 2.75) is 25.8 Å². The van der Waals surface area contributed by atoms with Crippen LogP contribution in [0.5, 0.6) is 0 Å². The maximum atomic E-state index is 12.0. The fourth-order valence-corrected chi connectivity index (χ4v) is 2.99. The average Bonchev–Trinajstić information content (AvgIpc) is 2.53. The number of benzene rings is 2. The van der Waals surface area contributed by atoms with Crippen LogP contribution in [0.15, 0.2) is 42.5 Å². The van der Waals surface area contributed by atoms with Gasteiger partial charge in [-0.15, -0.1) is 0 Å². The third-order valence-corrected chi connectivity index (χ3v) is 4.21. The maximum Gasteiger partial charge on any atom is 0.319 e. The fourth-order valence-electron chi connectivity index (χ4n) is 2.80. The average molecular weight is 330 g/mol. The monoisotopic (exact) mass is 329 g/mol. The molecule has 1 heterocycles. The Labute approximate surface area is 141 Å². The maximum absolute atomic E-state index is 12.0. The van der Waals surface area contributed by atoms with Gasteiger partial charge < -0.3 is 16.0 Å². The summed E-state index contributed by atoms with van der Waals surface area (Å²) >= 11 is 5.90. The summed E-state index contributed by atoms with van der Waals surface area (Å²) in [5, 5.41) is 9.78. The van der Waals surface area contributed by atoms with Gasteiger partial charge in [-0.1, -0.05) is 35.4 Å². The standard InChI is InChI=1S/C18H20ClN3O/c1-12-5-8-17-13(9-12)6-7-16(21-17)11-20-18(23)22-15-4-2-3-14(19)10-15/h2-5,8-10,16,21H,6-7,11H2,1H3,(H2,20,22,23). The molecule has 2 aromatic carbocycles. The molecule has 3 rings (SSSR count). The van der Waals surface area contributed by atoms with Crippen LogP contribution < -0.4 is 16.0 Å². The highest BCUT2D eigenvalue weighted by Crippen LogP contribution is 2.25. The number of carbonyl (C=O) groups is 1. The quantitative estimate of drug-likeness (QED) is 0.790. The van der Waals surface area contributed by atoms with Gasteiger partial charge in [0.05, 0.1) is 0 Å². The van der Waals surface area contributed by atoms with Gasteiger partial charge in [0, 0.05) is 29.0 Å². The molecule has 1 unspecified atom stereocenters. The van der Waals surface area contributed by atoms with Gasteiger partial charge in [-0.25, -0.2) is 4.79 Å². The van der Waals surface area contributed by atoms with E-state index in [9.17, 15) is 4.79 Å². The van der Waals surface area contributed by atoms with E-state index in [2.05, 4.69) is 41.1 Å². The van der Waals surface area contributed by atoms with Crippen LogP contribution in [0.4, 0.5) is 16.2 Å². The zero-order chi connectivity index (χ0) is 16.2. The van der Waals surface area contributed by atoms with Crippen molar-refractivity contribution in [1.29, 1.82) is 0 Å². The summed E-state index contributed by atoms with van der Waals surface area (Å²) < 4.78 is 0. The largest absolute Gasteiger partial charge is 0.380 e. The molecule has 3 N–H and O–H groups in total. The second-order valence-corrected chi connectivity index (χ2v) is 6.32. The van der Waals surface area contributed by atoms with Crippen LogP contribution in [-0.2, 0) is 6.42 Å². The summed E-state index contributed by atoms with van der Waals surface area (Å²) in [5.74, 6) is 0. The lowest BCUT2D eigenvalue weighted by molar-refractivity contribution is 0.251. The second kappa shape index (κ2) is 6.92. The minimum Gasteiger partial charge on any atom is -0.380 e. The van der Waals surface area contributed by atoms with Gasteiger partial charge in [0.2, 0.25) is 0 Å². The summed E-state index contributed by atoms with van der Waals surface area (Å²) in [6.07, 6.45) is 2.04. The van der Waals surface area contributed by atoms with E-state index in [1.165, 1.54) is 16.8 Å². The van der Waals surface area contributed by atoms with E-state index in [0.29, 0.717) is 17.3 Å². The van der Waals surface area contributed by atoms with Crippen LogP contribution in [0.3, 0.4) is 0 Å². The van der Waals surface area contributed by atoms with Gasteiger partial charge in [-0.05, 0) is 49.6 Å². The van der Waals surface area contributed by atoms with Crippen molar-refractivity contribution >= 4 is 29.0 Å². The summed E-state index contributed by atoms with van der Waals surface area (Å²) in [5.41, 5.74) is 4.49. The number of anilines is 2. The molecule has 0 fully saturated rings. The van der Waals surface area contributed by atoms with Crippen LogP contribution in [-0.4, -0.2) is 18.6 Å². The Balaban J connectivity index is 1.51. The normalized spacial score (nSPS) is 16.2. The lowest BCUT2D eigenvalue weighted by Gasteiger charge is -2.27. The van der Waals surface area contributed by atoms with Crippen LogP contribution in [0, 0.1) is 6.92 Å². The smallest absolute Gasteiger partial charge is 0.319 e. The summed E-state index contributed by atoms with van der Waals surface area (Å²) in [6, 6.07) is 13.6. The van der Waals surface area contributed by atoms with Crippen LogP contribution in [0.25, 0.3) is 0 Å². The van der Waals surface area contributed by atoms with E-state index in [1.807, 2.05) is 6.07 Å². The van der Waals surface area contributed by atoms with Crippen LogP contribution in [0.1, 0.15) is 17.5 Å². The van der Waals surface area contributed by atoms with Gasteiger partial charge in [-0.2, -0.15) is 0 Å². The molecular formula is C18H20ClN3O. The molecule has 0 bridgehead atoms. The molecule has 1 aliphatic rings. The number of nitrogens with one attached hydrogen (secondary N) is 3. The van der Waals surface area contributed by atoms with Crippen molar-refractivity contribution in [3.8, 4) is 0 Å². The lowest BCUT2D eigenvalue weighted by Crippen LogP contribution is -2.40. The highest BCUT2D eigenvalue weighted by Gasteiger charge is 2.18. The molecule has 120 valence electrons. The molecule has 4 nitrogen and oxygen atoms in total. The van der Waals surface area contributed by atoms with Crippen molar-refractivity contribution < 1.29 is 4.79 Å². The number of carbonyl (C=O) groups excluding carboxylic acids is 1. The molecule has 2 aromatic rings. The van der Waals surface area contributed by atoms with Gasteiger partial charge in [0.1, 0.15) is 0 Å². The third kappa shape index (κ3) is 4.17. The van der Waals surface area contributed by atoms with Crippen molar-refractivity contribution in [2.24, 2.45) is 0 Å². The molecule has 5 heteroatoms. The Bertz CT molecular complexity index is 717. The molecular weight excluding hydrogens is 310 g/mol. The summed E-state index contributed by atoms with van der Waals surface area (Å²) in [7, 11) is 0. The first kappa shape index (κ1) is 15.7. The summed E-state index contributed by atoms with van der Waals surface area (Å²) in [4.78, 5) is 12.0. The Hall–Kier alpha value is -2.20. The van der Waals surface area contributed by atoms with Crippen molar-refractivity contribution in [3.63, 3.8) is 0 Å². The number of amides is 2. The molecule has 23 heavy (non-hydrogen) atoms. The van der Waals surface area contributed by atoms with Crippen molar-refractivity contribution in [2.75, 3.05) is 17.2 Å². The van der Waals surface area contributed by atoms with E-state index in [4.69, 9.17) is 11.6 Å². The number of hydrogen-bond donors (Lipinski definition) is 3. The Morgan fingerprint density at radius 3 is 3.00 bits per heavy atom. The van der Waals surface area contributed by atoms with E-state index >= 15 is 0 Å². The van der Waals surface area contributed by atoms with Gasteiger partial charge in [0.15, 0.2) is 0 Å².